The van der Waals surface area contributed by atoms with Crippen molar-refractivity contribution in [1.29, 1.82) is 0 Å². The second-order valence-electron chi connectivity index (χ2n) is 4.66. The van der Waals surface area contributed by atoms with Crippen molar-refractivity contribution in [1.82, 2.24) is 10.0 Å². The van der Waals surface area contributed by atoms with Gasteiger partial charge in [-0.15, -0.1) is 0 Å². The van der Waals surface area contributed by atoms with Gasteiger partial charge >= 0.3 is 0 Å². The first kappa shape index (κ1) is 11.5. The van der Waals surface area contributed by atoms with Crippen LogP contribution in [0.1, 0.15) is 33.6 Å². The van der Waals surface area contributed by atoms with Crippen LogP contribution in [-0.4, -0.2) is 46.3 Å². The fourth-order valence-electron chi connectivity index (χ4n) is 1.90. The molecule has 0 aromatic carbocycles. The summed E-state index contributed by atoms with van der Waals surface area (Å²) in [6.45, 7) is 7.55. The molecule has 0 atom stereocenters. The van der Waals surface area contributed by atoms with Gasteiger partial charge in [0.2, 0.25) is 5.91 Å². The predicted octanol–water partition coefficient (Wildman–Crippen LogP) is 0.617. The van der Waals surface area contributed by atoms with Crippen LogP contribution in [-0.2, 0) is 4.79 Å². The van der Waals surface area contributed by atoms with Gasteiger partial charge in [-0.05, 0) is 27.2 Å². The molecule has 14 heavy (non-hydrogen) atoms. The molecule has 1 aliphatic heterocycles. The van der Waals surface area contributed by atoms with Crippen LogP contribution < -0.4 is 0 Å². The van der Waals surface area contributed by atoms with Crippen molar-refractivity contribution in [2.75, 3.05) is 19.7 Å². The summed E-state index contributed by atoms with van der Waals surface area (Å²) in [6, 6.07) is 0. The first-order chi connectivity index (χ1) is 6.46. The highest BCUT2D eigenvalue weighted by Gasteiger charge is 2.33. The maximum absolute atomic E-state index is 11.7. The molecule has 0 saturated carbocycles. The average Bonchev–Trinajstić information content (AvgIpc) is 2.02. The highest BCUT2D eigenvalue weighted by Crippen LogP contribution is 2.22. The van der Waals surface area contributed by atoms with Gasteiger partial charge in [0.25, 0.3) is 0 Å². The van der Waals surface area contributed by atoms with Gasteiger partial charge in [-0.25, -0.2) is 5.01 Å². The number of nitrogens with zero attached hydrogens (tertiary/aromatic N) is 2. The van der Waals surface area contributed by atoms with Gasteiger partial charge in [-0.3, -0.25) is 9.80 Å². The molecule has 0 aliphatic carbocycles. The minimum absolute atomic E-state index is 0.0971. The zero-order chi connectivity index (χ0) is 10.8. The molecule has 1 amide bonds. The lowest BCUT2D eigenvalue weighted by Gasteiger charge is -2.46. The van der Waals surface area contributed by atoms with Crippen molar-refractivity contribution in [3.05, 3.63) is 0 Å². The van der Waals surface area contributed by atoms with Crippen LogP contribution >= 0.6 is 0 Å². The fraction of sp³-hybridized carbons (Fsp3) is 0.900. The number of hydrazine groups is 1. The summed E-state index contributed by atoms with van der Waals surface area (Å²) in [6.07, 6.45) is 1.52. The molecule has 82 valence electrons. The molecule has 0 radical (unpaired) electrons. The third-order valence-electron chi connectivity index (χ3n) is 2.32. The average molecular weight is 200 g/mol. The molecular formula is C10H20N2O2. The van der Waals surface area contributed by atoms with Gasteiger partial charge in [0, 0.05) is 19.5 Å². The molecular weight excluding hydrogens is 180 g/mol. The number of hydrogen-bond donors (Lipinski definition) is 1. The summed E-state index contributed by atoms with van der Waals surface area (Å²) in [5.74, 6) is 0.164. The summed E-state index contributed by atoms with van der Waals surface area (Å²) < 4.78 is 0. The van der Waals surface area contributed by atoms with Gasteiger partial charge in [0.1, 0.15) is 0 Å². The normalized spacial score (nSPS) is 20.3. The van der Waals surface area contributed by atoms with Crippen molar-refractivity contribution in [2.24, 2.45) is 0 Å². The first-order valence-corrected chi connectivity index (χ1v) is 5.15. The Kier molecular flexibility index (Phi) is 3.50. The maximum atomic E-state index is 11.7. The molecule has 1 N–H and O–H groups in total. The van der Waals surface area contributed by atoms with Crippen LogP contribution in [0.25, 0.3) is 0 Å². The Balaban J connectivity index is 2.76. The Morgan fingerprint density at radius 1 is 1.43 bits per heavy atom. The zero-order valence-electron chi connectivity index (χ0n) is 9.29. The van der Waals surface area contributed by atoms with E-state index in [1.807, 2.05) is 25.8 Å². The molecule has 1 saturated heterocycles. The minimum Gasteiger partial charge on any atom is -0.395 e. The third kappa shape index (κ3) is 2.45. The van der Waals surface area contributed by atoms with Crippen LogP contribution in [0.2, 0.25) is 0 Å². The summed E-state index contributed by atoms with van der Waals surface area (Å²) in [5.41, 5.74) is -0.188. The first-order valence-electron chi connectivity index (χ1n) is 5.15. The molecule has 1 rings (SSSR count). The van der Waals surface area contributed by atoms with Crippen LogP contribution in [0.15, 0.2) is 0 Å². The molecule has 0 spiro atoms. The van der Waals surface area contributed by atoms with Crippen molar-refractivity contribution >= 4 is 5.91 Å². The Labute approximate surface area is 85.5 Å². The number of aliphatic hydroxyl groups excluding tert-OH is 1. The second-order valence-corrected chi connectivity index (χ2v) is 4.66. The highest BCUT2D eigenvalue weighted by atomic mass is 16.3. The molecule has 0 aromatic rings. The second kappa shape index (κ2) is 4.28. The standard InChI is InChI=1S/C10H20N2O2/c1-10(2,3)12-9(14)5-4-6-11(12)7-8-13/h13H,4-8H2,1-3H3. The van der Waals surface area contributed by atoms with Gasteiger partial charge in [-0.2, -0.15) is 0 Å². The van der Waals surface area contributed by atoms with Gasteiger partial charge < -0.3 is 5.11 Å². The summed E-state index contributed by atoms with van der Waals surface area (Å²) in [5, 5.41) is 12.6. The van der Waals surface area contributed by atoms with Gasteiger partial charge in [0.05, 0.1) is 12.1 Å². The van der Waals surface area contributed by atoms with E-state index in [0.717, 1.165) is 13.0 Å². The van der Waals surface area contributed by atoms with E-state index in [-0.39, 0.29) is 18.1 Å². The lowest BCUT2D eigenvalue weighted by atomic mass is 10.1. The van der Waals surface area contributed by atoms with E-state index in [1.54, 1.807) is 5.01 Å². The van der Waals surface area contributed by atoms with E-state index in [9.17, 15) is 4.79 Å². The topological polar surface area (TPSA) is 43.8 Å². The lowest BCUT2D eigenvalue weighted by molar-refractivity contribution is -0.171. The quantitative estimate of drug-likeness (QED) is 0.710. The fourth-order valence-corrected chi connectivity index (χ4v) is 1.90. The number of amides is 1. The van der Waals surface area contributed by atoms with E-state index in [4.69, 9.17) is 5.11 Å². The van der Waals surface area contributed by atoms with Crippen molar-refractivity contribution in [3.63, 3.8) is 0 Å². The molecule has 0 aromatic heterocycles. The smallest absolute Gasteiger partial charge is 0.237 e. The number of β-amino-alcohol motifs (C(OH)–C–C–N with tert-alkyl or cyclic N) is 1. The Bertz CT molecular complexity index is 209. The predicted molar refractivity (Wildman–Crippen MR) is 54.5 cm³/mol. The van der Waals surface area contributed by atoms with Gasteiger partial charge in [0.15, 0.2) is 0 Å². The molecule has 0 bridgehead atoms. The van der Waals surface area contributed by atoms with Crippen LogP contribution in [0, 0.1) is 0 Å². The van der Waals surface area contributed by atoms with Crippen LogP contribution in [0.5, 0.6) is 0 Å². The van der Waals surface area contributed by atoms with Gasteiger partial charge in [-0.1, -0.05) is 0 Å². The minimum atomic E-state index is -0.188. The number of carbonyl (C=O) groups excluding carboxylic acids is 1. The summed E-state index contributed by atoms with van der Waals surface area (Å²) in [4.78, 5) is 11.7. The van der Waals surface area contributed by atoms with E-state index < -0.39 is 0 Å². The van der Waals surface area contributed by atoms with E-state index in [0.29, 0.717) is 13.0 Å². The third-order valence-corrected chi connectivity index (χ3v) is 2.32. The number of hydrogen-bond acceptors (Lipinski definition) is 3. The lowest BCUT2D eigenvalue weighted by Crippen LogP contribution is -2.59. The van der Waals surface area contributed by atoms with Crippen LogP contribution in [0.3, 0.4) is 0 Å². The Hall–Kier alpha value is -0.610. The monoisotopic (exact) mass is 200 g/mol. The SMILES string of the molecule is CC(C)(C)N1C(=O)CCCN1CCO. The van der Waals surface area contributed by atoms with E-state index >= 15 is 0 Å². The molecule has 1 aliphatic rings. The number of rotatable bonds is 2. The van der Waals surface area contributed by atoms with Crippen molar-refractivity contribution in [2.45, 2.75) is 39.2 Å². The molecule has 4 heteroatoms. The van der Waals surface area contributed by atoms with Crippen LogP contribution in [0.4, 0.5) is 0 Å². The largest absolute Gasteiger partial charge is 0.395 e. The summed E-state index contributed by atoms with van der Waals surface area (Å²) in [7, 11) is 0. The maximum Gasteiger partial charge on any atom is 0.237 e. The molecule has 1 heterocycles. The number of carbonyl (C=O) groups is 1. The zero-order valence-corrected chi connectivity index (χ0v) is 9.29. The van der Waals surface area contributed by atoms with Crippen molar-refractivity contribution in [3.8, 4) is 0 Å². The van der Waals surface area contributed by atoms with E-state index in [1.165, 1.54) is 0 Å². The van der Waals surface area contributed by atoms with E-state index in [2.05, 4.69) is 0 Å². The Morgan fingerprint density at radius 3 is 2.57 bits per heavy atom. The summed E-state index contributed by atoms with van der Waals surface area (Å²) >= 11 is 0. The molecule has 1 fully saturated rings. The highest BCUT2D eigenvalue weighted by molar-refractivity contribution is 5.77. The Morgan fingerprint density at radius 2 is 2.07 bits per heavy atom. The van der Waals surface area contributed by atoms with Crippen molar-refractivity contribution < 1.29 is 9.90 Å². The molecule has 0 unspecified atom stereocenters. The molecule has 4 nitrogen and oxygen atoms in total. The number of aliphatic hydroxyl groups is 1.